The van der Waals surface area contributed by atoms with Gasteiger partial charge in [0.1, 0.15) is 12.4 Å². The average molecular weight is 289 g/mol. The summed E-state index contributed by atoms with van der Waals surface area (Å²) in [5, 5.41) is 11.1. The Morgan fingerprint density at radius 3 is 2.75 bits per heavy atom. The van der Waals surface area contributed by atoms with Crippen LogP contribution >= 0.6 is 11.6 Å². The van der Waals surface area contributed by atoms with Gasteiger partial charge >= 0.3 is 5.97 Å². The van der Waals surface area contributed by atoms with Gasteiger partial charge in [-0.15, -0.1) is 0 Å². The second-order valence-electron chi connectivity index (χ2n) is 4.18. The molecule has 20 heavy (non-hydrogen) atoms. The van der Waals surface area contributed by atoms with Crippen molar-refractivity contribution in [3.05, 3.63) is 59.6 Å². The Labute approximate surface area is 121 Å². The normalized spacial score (nSPS) is 10.8. The summed E-state index contributed by atoms with van der Waals surface area (Å²) < 4.78 is 5.56. The highest BCUT2D eigenvalue weighted by atomic mass is 35.5. The summed E-state index contributed by atoms with van der Waals surface area (Å²) in [6.07, 6.45) is 2.61. The van der Waals surface area contributed by atoms with Crippen molar-refractivity contribution in [2.45, 2.75) is 0 Å². The number of halogens is 1. The quantitative estimate of drug-likeness (QED) is 0.844. The molecule has 0 saturated heterocycles. The second kappa shape index (κ2) is 6.26. The highest BCUT2D eigenvalue weighted by molar-refractivity contribution is 6.29. The first-order valence-electron chi connectivity index (χ1n) is 5.97. The molecule has 3 nitrogen and oxygen atoms in total. The third kappa shape index (κ3) is 3.39. The van der Waals surface area contributed by atoms with Crippen molar-refractivity contribution in [2.24, 2.45) is 0 Å². The lowest BCUT2D eigenvalue weighted by atomic mass is 10.0. The van der Waals surface area contributed by atoms with Crippen molar-refractivity contribution < 1.29 is 14.6 Å². The molecule has 0 atom stereocenters. The molecule has 1 N–H and O–H groups in total. The molecule has 0 saturated carbocycles. The van der Waals surface area contributed by atoms with Crippen LogP contribution in [0.1, 0.15) is 5.56 Å². The van der Waals surface area contributed by atoms with Gasteiger partial charge in [0.05, 0.1) is 0 Å². The fourth-order valence-corrected chi connectivity index (χ4v) is 1.94. The highest BCUT2D eigenvalue weighted by Gasteiger charge is 2.07. The average Bonchev–Trinajstić information content (AvgIpc) is 2.42. The molecule has 0 fully saturated rings. The van der Waals surface area contributed by atoms with Gasteiger partial charge in [0.15, 0.2) is 0 Å². The first kappa shape index (κ1) is 14.2. The fourth-order valence-electron chi connectivity index (χ4n) is 1.88. The first-order chi connectivity index (χ1) is 9.58. The summed E-state index contributed by atoms with van der Waals surface area (Å²) in [4.78, 5) is 10.7. The lowest BCUT2D eigenvalue weighted by Gasteiger charge is -2.11. The number of carboxylic acid groups (broad SMARTS) is 1. The van der Waals surface area contributed by atoms with E-state index in [1.807, 2.05) is 30.3 Å². The number of ether oxygens (including phenoxy) is 1. The molecule has 0 heterocycles. The molecule has 0 aliphatic rings. The Morgan fingerprint density at radius 1 is 1.30 bits per heavy atom. The molecule has 0 aromatic heterocycles. The molecule has 0 aliphatic carbocycles. The van der Waals surface area contributed by atoms with E-state index in [9.17, 15) is 4.79 Å². The summed E-state index contributed by atoms with van der Waals surface area (Å²) in [6.45, 7) is 3.74. The maximum atomic E-state index is 10.7. The van der Waals surface area contributed by atoms with Crippen LogP contribution in [0, 0.1) is 0 Å². The van der Waals surface area contributed by atoms with Crippen LogP contribution in [0.3, 0.4) is 0 Å². The minimum Gasteiger partial charge on any atom is -0.487 e. The van der Waals surface area contributed by atoms with E-state index in [2.05, 4.69) is 6.58 Å². The van der Waals surface area contributed by atoms with Gasteiger partial charge in [-0.3, -0.25) is 0 Å². The van der Waals surface area contributed by atoms with E-state index in [4.69, 9.17) is 21.4 Å². The largest absolute Gasteiger partial charge is 0.487 e. The van der Waals surface area contributed by atoms with Crippen LogP contribution in [0.2, 0.25) is 0 Å². The highest BCUT2D eigenvalue weighted by Crippen LogP contribution is 2.29. The van der Waals surface area contributed by atoms with Crippen molar-refractivity contribution in [3.8, 4) is 5.75 Å². The van der Waals surface area contributed by atoms with E-state index < -0.39 is 5.97 Å². The van der Waals surface area contributed by atoms with E-state index in [1.54, 1.807) is 6.07 Å². The Bertz CT molecular complexity index is 689. The van der Waals surface area contributed by atoms with Crippen LogP contribution in [-0.4, -0.2) is 17.7 Å². The monoisotopic (exact) mass is 288 g/mol. The van der Waals surface area contributed by atoms with Gasteiger partial charge in [0.25, 0.3) is 0 Å². The second-order valence-corrected chi connectivity index (χ2v) is 4.71. The van der Waals surface area contributed by atoms with Crippen molar-refractivity contribution in [1.29, 1.82) is 0 Å². The fraction of sp³-hybridized carbons (Fsp3) is 0.0625. The van der Waals surface area contributed by atoms with Gasteiger partial charge in [-0.25, -0.2) is 4.79 Å². The van der Waals surface area contributed by atoms with E-state index in [0.717, 1.165) is 16.8 Å². The smallest absolute Gasteiger partial charge is 0.328 e. The summed E-state index contributed by atoms with van der Waals surface area (Å²) in [5.41, 5.74) is 0.711. The molecule has 2 rings (SSSR count). The van der Waals surface area contributed by atoms with Crippen LogP contribution in [0.5, 0.6) is 5.75 Å². The molecular weight excluding hydrogens is 276 g/mol. The van der Waals surface area contributed by atoms with Crippen molar-refractivity contribution in [2.75, 3.05) is 6.61 Å². The number of benzene rings is 2. The summed E-state index contributed by atoms with van der Waals surface area (Å²) >= 11 is 5.69. The third-order valence-corrected chi connectivity index (χ3v) is 2.82. The molecule has 102 valence electrons. The number of rotatable bonds is 5. The zero-order chi connectivity index (χ0) is 14.5. The van der Waals surface area contributed by atoms with E-state index in [0.29, 0.717) is 16.3 Å². The minimum atomic E-state index is -1.01. The Balaban J connectivity index is 2.52. The van der Waals surface area contributed by atoms with Crippen molar-refractivity contribution in [3.63, 3.8) is 0 Å². The minimum absolute atomic E-state index is 0.174. The van der Waals surface area contributed by atoms with Gasteiger partial charge in [-0.2, -0.15) is 0 Å². The number of hydrogen-bond donors (Lipinski definition) is 1. The Hall–Kier alpha value is -2.26. The van der Waals surface area contributed by atoms with Gasteiger partial charge in [-0.05, 0) is 22.9 Å². The number of hydrogen-bond acceptors (Lipinski definition) is 2. The standard InChI is InChI=1S/C16H13ClO3/c1-11(17)10-20-15-8-6-12-4-2-3-5-13(12)14(15)7-9-16(18)19/h2-9H,1,10H2,(H,18,19)/b9-7+. The van der Waals surface area contributed by atoms with Gasteiger partial charge in [-0.1, -0.05) is 48.5 Å². The lowest BCUT2D eigenvalue weighted by molar-refractivity contribution is -0.131. The summed E-state index contributed by atoms with van der Waals surface area (Å²) in [7, 11) is 0. The van der Waals surface area contributed by atoms with E-state index in [-0.39, 0.29) is 6.61 Å². The van der Waals surface area contributed by atoms with E-state index in [1.165, 1.54) is 6.08 Å². The summed E-state index contributed by atoms with van der Waals surface area (Å²) in [6, 6.07) is 11.4. The number of aliphatic carboxylic acids is 1. The predicted molar refractivity (Wildman–Crippen MR) is 81.1 cm³/mol. The molecule has 0 amide bonds. The number of carbonyl (C=O) groups is 1. The molecule has 0 unspecified atom stereocenters. The topological polar surface area (TPSA) is 46.5 Å². The first-order valence-corrected chi connectivity index (χ1v) is 6.34. The van der Waals surface area contributed by atoms with Gasteiger partial charge in [0, 0.05) is 16.7 Å². The SMILES string of the molecule is C=C(Cl)COc1ccc2ccccc2c1/C=C/C(=O)O. The molecule has 4 heteroatoms. The van der Waals surface area contributed by atoms with Crippen LogP contribution in [0.4, 0.5) is 0 Å². The lowest BCUT2D eigenvalue weighted by Crippen LogP contribution is -1.98. The number of fused-ring (bicyclic) bond motifs is 1. The Kier molecular flexibility index (Phi) is 4.43. The van der Waals surface area contributed by atoms with E-state index >= 15 is 0 Å². The molecule has 2 aromatic rings. The third-order valence-electron chi connectivity index (χ3n) is 2.71. The molecule has 0 radical (unpaired) electrons. The number of carboxylic acids is 1. The maximum Gasteiger partial charge on any atom is 0.328 e. The van der Waals surface area contributed by atoms with Crippen molar-refractivity contribution >= 4 is 34.4 Å². The maximum absolute atomic E-state index is 10.7. The van der Waals surface area contributed by atoms with Crippen LogP contribution < -0.4 is 4.74 Å². The molecular formula is C16H13ClO3. The van der Waals surface area contributed by atoms with Crippen molar-refractivity contribution in [1.82, 2.24) is 0 Å². The molecule has 0 bridgehead atoms. The zero-order valence-corrected chi connectivity index (χ0v) is 11.4. The summed E-state index contributed by atoms with van der Waals surface area (Å²) in [5.74, 6) is -0.436. The van der Waals surface area contributed by atoms with Crippen LogP contribution in [0.25, 0.3) is 16.8 Å². The zero-order valence-electron chi connectivity index (χ0n) is 10.7. The van der Waals surface area contributed by atoms with Crippen LogP contribution in [-0.2, 0) is 4.79 Å². The van der Waals surface area contributed by atoms with Gasteiger partial charge < -0.3 is 9.84 Å². The molecule has 0 spiro atoms. The molecule has 0 aliphatic heterocycles. The molecule has 2 aromatic carbocycles. The van der Waals surface area contributed by atoms with Crippen LogP contribution in [0.15, 0.2) is 54.1 Å². The predicted octanol–water partition coefficient (Wildman–Crippen LogP) is 4.07. The van der Waals surface area contributed by atoms with Gasteiger partial charge in [0.2, 0.25) is 0 Å². The Morgan fingerprint density at radius 2 is 2.05 bits per heavy atom.